The number of halogens is 1. The lowest BCUT2D eigenvalue weighted by Gasteiger charge is -2.26. The lowest BCUT2D eigenvalue weighted by Crippen LogP contribution is -2.39. The first-order valence-corrected chi connectivity index (χ1v) is 9.34. The molecule has 1 N–H and O–H groups in total. The summed E-state index contributed by atoms with van der Waals surface area (Å²) in [6.45, 7) is 1.95. The van der Waals surface area contributed by atoms with Crippen molar-refractivity contribution in [3.05, 3.63) is 72.0 Å². The first-order chi connectivity index (χ1) is 13.7. The van der Waals surface area contributed by atoms with Crippen molar-refractivity contribution in [2.75, 3.05) is 13.1 Å². The van der Waals surface area contributed by atoms with Crippen LogP contribution in [0.2, 0.25) is 0 Å². The van der Waals surface area contributed by atoms with E-state index in [1.807, 2.05) is 12.1 Å². The maximum Gasteiger partial charge on any atom is 0.242 e. The second kappa shape index (κ2) is 8.31. The molecule has 1 saturated heterocycles. The van der Waals surface area contributed by atoms with Gasteiger partial charge in [0.15, 0.2) is 5.76 Å². The maximum atomic E-state index is 13.9. The summed E-state index contributed by atoms with van der Waals surface area (Å²) < 4.78 is 19.2. The number of hydrogen-bond donors (Lipinski definition) is 1. The summed E-state index contributed by atoms with van der Waals surface area (Å²) in [5.41, 5.74) is 1.64. The fraction of sp³-hybridized carbons (Fsp3) is 0.286. The highest BCUT2D eigenvalue weighted by Crippen LogP contribution is 2.25. The van der Waals surface area contributed by atoms with E-state index < -0.39 is 0 Å². The zero-order valence-corrected chi connectivity index (χ0v) is 15.3. The van der Waals surface area contributed by atoms with E-state index in [2.05, 4.69) is 20.4 Å². The highest BCUT2D eigenvalue weighted by Gasteiger charge is 2.29. The molecule has 0 spiro atoms. The van der Waals surface area contributed by atoms with Crippen LogP contribution in [0.3, 0.4) is 0 Å². The molecule has 3 heterocycles. The number of aromatic nitrogens is 2. The molecule has 6 nitrogen and oxygen atoms in total. The summed E-state index contributed by atoms with van der Waals surface area (Å²) in [7, 11) is 0. The van der Waals surface area contributed by atoms with Gasteiger partial charge >= 0.3 is 0 Å². The van der Waals surface area contributed by atoms with Gasteiger partial charge in [0.2, 0.25) is 5.91 Å². The third kappa shape index (κ3) is 3.94. The maximum absolute atomic E-state index is 13.9. The zero-order valence-electron chi connectivity index (χ0n) is 15.3. The van der Waals surface area contributed by atoms with Crippen molar-refractivity contribution in [3.8, 4) is 11.3 Å². The number of likely N-dealkylation sites (tertiary alicyclic amines) is 1. The Labute approximate surface area is 162 Å². The van der Waals surface area contributed by atoms with Crippen molar-refractivity contribution in [1.29, 1.82) is 0 Å². The molecule has 1 aliphatic heterocycles. The molecular weight excluding hydrogens is 359 g/mol. The molecule has 7 heteroatoms. The third-order valence-corrected chi connectivity index (χ3v) is 4.90. The Bertz CT molecular complexity index is 938. The zero-order chi connectivity index (χ0) is 19.3. The number of carbonyl (C=O) groups excluding carboxylic acids is 1. The van der Waals surface area contributed by atoms with Gasteiger partial charge in [0.1, 0.15) is 17.6 Å². The van der Waals surface area contributed by atoms with Crippen molar-refractivity contribution in [3.63, 3.8) is 0 Å². The third-order valence-electron chi connectivity index (χ3n) is 4.90. The smallest absolute Gasteiger partial charge is 0.242 e. The minimum absolute atomic E-state index is 0.112. The highest BCUT2D eigenvalue weighted by molar-refractivity contribution is 5.83. The minimum Gasteiger partial charge on any atom is -0.359 e. The van der Waals surface area contributed by atoms with Crippen molar-refractivity contribution < 1.29 is 13.7 Å². The van der Waals surface area contributed by atoms with Crippen LogP contribution in [0.25, 0.3) is 11.3 Å². The topological polar surface area (TPSA) is 71.3 Å². The van der Waals surface area contributed by atoms with Crippen LogP contribution in [0.4, 0.5) is 4.39 Å². The van der Waals surface area contributed by atoms with Crippen molar-refractivity contribution in [2.24, 2.45) is 0 Å². The Kier molecular flexibility index (Phi) is 5.43. The molecule has 1 atom stereocenters. The summed E-state index contributed by atoms with van der Waals surface area (Å²) >= 11 is 0. The molecule has 28 heavy (non-hydrogen) atoms. The summed E-state index contributed by atoms with van der Waals surface area (Å²) in [6.07, 6.45) is 5.59. The largest absolute Gasteiger partial charge is 0.359 e. The molecule has 1 fully saturated rings. The Balaban J connectivity index is 1.46. The van der Waals surface area contributed by atoms with Gasteiger partial charge < -0.3 is 9.84 Å². The van der Waals surface area contributed by atoms with Crippen LogP contribution in [0.15, 0.2) is 59.4 Å². The quantitative estimate of drug-likeness (QED) is 0.710. The number of amides is 1. The number of nitrogens with one attached hydrogen (secondary N) is 1. The second-order valence-corrected chi connectivity index (χ2v) is 6.81. The molecule has 1 aliphatic rings. The Morgan fingerprint density at radius 2 is 2.04 bits per heavy atom. The molecule has 4 rings (SSSR count). The lowest BCUT2D eigenvalue weighted by atomic mass is 10.1. The van der Waals surface area contributed by atoms with E-state index in [0.29, 0.717) is 17.0 Å². The van der Waals surface area contributed by atoms with Crippen molar-refractivity contribution in [1.82, 2.24) is 20.4 Å². The number of hydrogen-bond acceptors (Lipinski definition) is 5. The predicted molar refractivity (Wildman–Crippen MR) is 102 cm³/mol. The molecule has 0 saturated carbocycles. The average molecular weight is 380 g/mol. The van der Waals surface area contributed by atoms with Gasteiger partial charge in [0.05, 0.1) is 6.54 Å². The van der Waals surface area contributed by atoms with E-state index >= 15 is 0 Å². The number of benzene rings is 1. The normalized spacial score (nSPS) is 15.5. The first-order valence-electron chi connectivity index (χ1n) is 9.34. The molecule has 3 aromatic rings. The van der Waals surface area contributed by atoms with Gasteiger partial charge in [-0.25, -0.2) is 4.39 Å². The van der Waals surface area contributed by atoms with Gasteiger partial charge in [-0.2, -0.15) is 0 Å². The number of rotatable bonds is 6. The van der Waals surface area contributed by atoms with Gasteiger partial charge in [-0.1, -0.05) is 23.4 Å². The monoisotopic (exact) mass is 380 g/mol. The van der Waals surface area contributed by atoms with E-state index in [4.69, 9.17) is 4.52 Å². The van der Waals surface area contributed by atoms with Gasteiger partial charge in [0, 0.05) is 24.0 Å². The fourth-order valence-corrected chi connectivity index (χ4v) is 3.53. The van der Waals surface area contributed by atoms with Gasteiger partial charge in [0.25, 0.3) is 0 Å². The van der Waals surface area contributed by atoms with Crippen LogP contribution in [-0.2, 0) is 11.3 Å². The van der Waals surface area contributed by atoms with Crippen LogP contribution in [0.5, 0.6) is 0 Å². The van der Waals surface area contributed by atoms with Gasteiger partial charge in [-0.05, 0) is 49.7 Å². The fourth-order valence-electron chi connectivity index (χ4n) is 3.53. The van der Waals surface area contributed by atoms with Crippen LogP contribution in [0, 0.1) is 5.82 Å². The first kappa shape index (κ1) is 18.3. The summed E-state index contributed by atoms with van der Waals surface area (Å²) in [6, 6.07) is 11.4. The Morgan fingerprint density at radius 1 is 1.21 bits per heavy atom. The van der Waals surface area contributed by atoms with E-state index in [9.17, 15) is 9.18 Å². The van der Waals surface area contributed by atoms with Crippen LogP contribution < -0.4 is 5.32 Å². The van der Waals surface area contributed by atoms with Crippen LogP contribution in [0.1, 0.15) is 30.2 Å². The standard InChI is InChI=1S/C21H21FN4O2/c22-18-8-2-1-7-17(18)19-12-16(28-25-19)14-24-21(27)20(26-10-3-4-11-26)15-6-5-9-23-13-15/h1-2,5-9,12-13,20H,3-4,10-11,14H2,(H,24,27)/t20-/m1/s1. The molecule has 1 amide bonds. The van der Waals surface area contributed by atoms with E-state index in [0.717, 1.165) is 31.5 Å². The number of nitrogens with zero attached hydrogens (tertiary/aromatic N) is 3. The van der Waals surface area contributed by atoms with Crippen molar-refractivity contribution >= 4 is 5.91 Å². The molecule has 0 aliphatic carbocycles. The Hall–Kier alpha value is -3.06. The summed E-state index contributed by atoms with van der Waals surface area (Å²) in [5.74, 6) is -0.00577. The Morgan fingerprint density at radius 3 is 2.79 bits per heavy atom. The number of carbonyl (C=O) groups is 1. The highest BCUT2D eigenvalue weighted by atomic mass is 19.1. The second-order valence-electron chi connectivity index (χ2n) is 6.81. The van der Waals surface area contributed by atoms with Gasteiger partial charge in [-0.15, -0.1) is 0 Å². The number of pyridine rings is 1. The van der Waals surface area contributed by atoms with E-state index in [1.54, 1.807) is 36.7 Å². The molecule has 0 radical (unpaired) electrons. The minimum atomic E-state index is -0.384. The van der Waals surface area contributed by atoms with Gasteiger partial charge in [-0.3, -0.25) is 14.7 Å². The average Bonchev–Trinajstić information content (AvgIpc) is 3.40. The van der Waals surface area contributed by atoms with Crippen molar-refractivity contribution in [2.45, 2.75) is 25.4 Å². The molecule has 0 unspecified atom stereocenters. The van der Waals surface area contributed by atoms with Crippen LogP contribution in [-0.4, -0.2) is 34.0 Å². The van der Waals surface area contributed by atoms with E-state index in [1.165, 1.54) is 6.07 Å². The van der Waals surface area contributed by atoms with E-state index in [-0.39, 0.29) is 24.3 Å². The molecular formula is C21H21FN4O2. The van der Waals surface area contributed by atoms with Crippen LogP contribution >= 0.6 is 0 Å². The summed E-state index contributed by atoms with van der Waals surface area (Å²) in [4.78, 5) is 19.2. The molecule has 1 aromatic carbocycles. The molecule has 2 aromatic heterocycles. The predicted octanol–water partition coefficient (Wildman–Crippen LogP) is 3.33. The SMILES string of the molecule is O=C(NCc1cc(-c2ccccc2F)no1)[C@@H](c1cccnc1)N1CCCC1. The molecule has 0 bridgehead atoms. The molecule has 144 valence electrons. The summed E-state index contributed by atoms with van der Waals surface area (Å²) in [5, 5.41) is 6.84. The lowest BCUT2D eigenvalue weighted by molar-refractivity contribution is -0.126.